The number of hydrogen-bond acceptors (Lipinski definition) is 6. The van der Waals surface area contributed by atoms with Crippen molar-refractivity contribution in [3.05, 3.63) is 77.6 Å². The van der Waals surface area contributed by atoms with Gasteiger partial charge in [0, 0.05) is 25.1 Å². The van der Waals surface area contributed by atoms with Gasteiger partial charge in [-0.15, -0.1) is 0 Å². The maximum atomic E-state index is 13.0. The minimum absolute atomic E-state index is 0.293. The van der Waals surface area contributed by atoms with Crippen molar-refractivity contribution in [3.8, 4) is 11.3 Å². The quantitative estimate of drug-likeness (QED) is 0.584. The van der Waals surface area contributed by atoms with Crippen molar-refractivity contribution in [1.82, 2.24) is 9.97 Å². The lowest BCUT2D eigenvalue weighted by molar-refractivity contribution is 0.0526. The van der Waals surface area contributed by atoms with Gasteiger partial charge in [-0.2, -0.15) is 0 Å². The lowest BCUT2D eigenvalue weighted by Gasteiger charge is -2.30. The van der Waals surface area contributed by atoms with Crippen molar-refractivity contribution in [3.63, 3.8) is 0 Å². The highest BCUT2D eigenvalue weighted by molar-refractivity contribution is 6.01. The summed E-state index contributed by atoms with van der Waals surface area (Å²) in [6.45, 7) is 4.63. The van der Waals surface area contributed by atoms with Crippen LogP contribution in [0.25, 0.3) is 11.3 Å². The van der Waals surface area contributed by atoms with Crippen molar-refractivity contribution < 1.29 is 14.3 Å². The first-order valence-corrected chi connectivity index (χ1v) is 10.3. The second kappa shape index (κ2) is 9.50. The first kappa shape index (κ1) is 20.0. The van der Waals surface area contributed by atoms with Gasteiger partial charge in [-0.05, 0) is 12.5 Å². The number of ether oxygens (including phenoxy) is 2. The van der Waals surface area contributed by atoms with Gasteiger partial charge in [-0.1, -0.05) is 60.7 Å². The van der Waals surface area contributed by atoms with Gasteiger partial charge in [0.05, 0.1) is 25.5 Å². The Hall–Kier alpha value is -3.25. The largest absolute Gasteiger partial charge is 0.462 e. The molecule has 0 spiro atoms. The molecule has 6 nitrogen and oxygen atoms in total. The Morgan fingerprint density at radius 3 is 2.33 bits per heavy atom. The average molecular weight is 403 g/mol. The minimum Gasteiger partial charge on any atom is -0.462 e. The number of benzene rings is 2. The van der Waals surface area contributed by atoms with Crippen LogP contribution in [0.15, 0.2) is 60.7 Å². The first-order valence-electron chi connectivity index (χ1n) is 10.3. The third-order valence-corrected chi connectivity index (χ3v) is 4.98. The smallest absolute Gasteiger partial charge is 0.344 e. The van der Waals surface area contributed by atoms with Crippen molar-refractivity contribution in [2.24, 2.45) is 0 Å². The molecule has 0 saturated carbocycles. The van der Waals surface area contributed by atoms with Gasteiger partial charge in [0.1, 0.15) is 17.2 Å². The SMILES string of the molecule is CCOC(=O)c1c(-c2ccccc2)nc(Cc2ccccc2)nc1N1CCOCC1. The molecule has 0 bridgehead atoms. The summed E-state index contributed by atoms with van der Waals surface area (Å²) < 4.78 is 10.9. The predicted octanol–water partition coefficient (Wildman–Crippen LogP) is 3.75. The van der Waals surface area contributed by atoms with E-state index < -0.39 is 5.97 Å². The van der Waals surface area contributed by atoms with E-state index in [1.165, 1.54) is 0 Å². The standard InChI is InChI=1S/C24H25N3O3/c1-2-30-24(28)21-22(19-11-7-4-8-12-19)25-20(17-18-9-5-3-6-10-18)26-23(21)27-13-15-29-16-14-27/h3-12H,2,13-17H2,1H3. The number of carbonyl (C=O) groups is 1. The Morgan fingerprint density at radius 2 is 1.67 bits per heavy atom. The number of nitrogens with zero attached hydrogens (tertiary/aromatic N) is 3. The minimum atomic E-state index is -0.399. The number of anilines is 1. The van der Waals surface area contributed by atoms with Crippen LogP contribution >= 0.6 is 0 Å². The number of esters is 1. The molecule has 1 aliphatic heterocycles. The Bertz CT molecular complexity index is 987. The Balaban J connectivity index is 1.87. The van der Waals surface area contributed by atoms with E-state index in [4.69, 9.17) is 19.4 Å². The molecule has 1 aliphatic rings. The van der Waals surface area contributed by atoms with Gasteiger partial charge in [-0.25, -0.2) is 14.8 Å². The second-order valence-corrected chi connectivity index (χ2v) is 7.04. The molecule has 0 radical (unpaired) electrons. The summed E-state index contributed by atoms with van der Waals surface area (Å²) in [6, 6.07) is 19.9. The van der Waals surface area contributed by atoms with Crippen LogP contribution in [0, 0.1) is 0 Å². The molecule has 3 aromatic rings. The molecule has 1 saturated heterocycles. The first-order chi connectivity index (χ1) is 14.8. The summed E-state index contributed by atoms with van der Waals surface area (Å²) >= 11 is 0. The third-order valence-electron chi connectivity index (χ3n) is 4.98. The van der Waals surface area contributed by atoms with E-state index in [-0.39, 0.29) is 0 Å². The summed E-state index contributed by atoms with van der Waals surface area (Å²) in [5.74, 6) is 0.898. The van der Waals surface area contributed by atoms with Crippen LogP contribution < -0.4 is 4.90 Å². The van der Waals surface area contributed by atoms with E-state index in [1.807, 2.05) is 48.5 Å². The fourth-order valence-corrected chi connectivity index (χ4v) is 3.55. The Morgan fingerprint density at radius 1 is 1.00 bits per heavy atom. The highest BCUT2D eigenvalue weighted by Crippen LogP contribution is 2.30. The molecule has 1 fully saturated rings. The van der Waals surface area contributed by atoms with Gasteiger partial charge >= 0.3 is 5.97 Å². The molecule has 2 heterocycles. The zero-order valence-electron chi connectivity index (χ0n) is 17.1. The molecule has 1 aromatic heterocycles. The summed E-state index contributed by atoms with van der Waals surface area (Å²) in [5, 5.41) is 0. The van der Waals surface area contributed by atoms with Crippen LogP contribution in [0.4, 0.5) is 5.82 Å². The number of hydrogen-bond donors (Lipinski definition) is 0. The highest BCUT2D eigenvalue weighted by Gasteiger charge is 2.27. The van der Waals surface area contributed by atoms with Crippen molar-refractivity contribution in [1.29, 1.82) is 0 Å². The van der Waals surface area contributed by atoms with E-state index in [0.717, 1.165) is 11.1 Å². The average Bonchev–Trinajstić information content (AvgIpc) is 2.80. The Labute approximate surface area is 176 Å². The lowest BCUT2D eigenvalue weighted by atomic mass is 10.0. The lowest BCUT2D eigenvalue weighted by Crippen LogP contribution is -2.38. The summed E-state index contributed by atoms with van der Waals surface area (Å²) in [6.07, 6.45) is 0.584. The number of carbonyl (C=O) groups excluding carboxylic acids is 1. The molecule has 0 atom stereocenters. The fourth-order valence-electron chi connectivity index (χ4n) is 3.55. The molecule has 0 amide bonds. The van der Waals surface area contributed by atoms with Crippen molar-refractivity contribution in [2.75, 3.05) is 37.8 Å². The van der Waals surface area contributed by atoms with Crippen LogP contribution in [0.5, 0.6) is 0 Å². The fraction of sp³-hybridized carbons (Fsp3) is 0.292. The topological polar surface area (TPSA) is 64.5 Å². The van der Waals surface area contributed by atoms with Crippen LogP contribution in [-0.2, 0) is 15.9 Å². The normalized spacial score (nSPS) is 13.8. The summed E-state index contributed by atoms with van der Waals surface area (Å²) in [4.78, 5) is 24.8. The second-order valence-electron chi connectivity index (χ2n) is 7.04. The molecule has 154 valence electrons. The molecule has 2 aromatic carbocycles. The van der Waals surface area contributed by atoms with Gasteiger partial charge < -0.3 is 14.4 Å². The maximum Gasteiger partial charge on any atom is 0.344 e. The molecule has 4 rings (SSSR count). The zero-order chi connectivity index (χ0) is 20.8. The Kier molecular flexibility index (Phi) is 6.35. The van der Waals surface area contributed by atoms with Crippen molar-refractivity contribution >= 4 is 11.8 Å². The predicted molar refractivity (Wildman–Crippen MR) is 116 cm³/mol. The number of morpholine rings is 1. The molecule has 0 aliphatic carbocycles. The third kappa shape index (κ3) is 4.49. The number of rotatable bonds is 6. The highest BCUT2D eigenvalue weighted by atomic mass is 16.5. The molecule has 0 unspecified atom stereocenters. The van der Waals surface area contributed by atoms with Crippen LogP contribution in [0.3, 0.4) is 0 Å². The molecular weight excluding hydrogens is 378 g/mol. The van der Waals surface area contributed by atoms with E-state index in [9.17, 15) is 4.79 Å². The molecule has 6 heteroatoms. The van der Waals surface area contributed by atoms with Gasteiger partial charge in [0.15, 0.2) is 0 Å². The zero-order valence-corrected chi connectivity index (χ0v) is 17.1. The summed E-state index contributed by atoms with van der Waals surface area (Å²) in [7, 11) is 0. The van der Waals surface area contributed by atoms with E-state index in [0.29, 0.717) is 62.2 Å². The van der Waals surface area contributed by atoms with Crippen LogP contribution in [0.1, 0.15) is 28.7 Å². The van der Waals surface area contributed by atoms with E-state index >= 15 is 0 Å². The monoisotopic (exact) mass is 403 g/mol. The van der Waals surface area contributed by atoms with Crippen molar-refractivity contribution in [2.45, 2.75) is 13.3 Å². The van der Waals surface area contributed by atoms with Gasteiger partial charge in [0.2, 0.25) is 0 Å². The molecular formula is C24H25N3O3. The molecule has 0 N–H and O–H groups in total. The van der Waals surface area contributed by atoms with Crippen LogP contribution in [-0.4, -0.2) is 48.8 Å². The van der Waals surface area contributed by atoms with Crippen LogP contribution in [0.2, 0.25) is 0 Å². The van der Waals surface area contributed by atoms with E-state index in [1.54, 1.807) is 6.92 Å². The van der Waals surface area contributed by atoms with Gasteiger partial charge in [0.25, 0.3) is 0 Å². The van der Waals surface area contributed by atoms with E-state index in [2.05, 4.69) is 17.0 Å². The summed E-state index contributed by atoms with van der Waals surface area (Å²) in [5.41, 5.74) is 3.01. The van der Waals surface area contributed by atoms with Gasteiger partial charge in [-0.3, -0.25) is 0 Å². The molecule has 30 heavy (non-hydrogen) atoms. The number of aromatic nitrogens is 2. The maximum absolute atomic E-state index is 13.0.